The van der Waals surface area contributed by atoms with Crippen LogP contribution in [0, 0.1) is 0 Å². The molecule has 0 aliphatic carbocycles. The fraction of sp³-hybridized carbons (Fsp3) is 1.00. The summed E-state index contributed by atoms with van der Waals surface area (Å²) in [5, 5.41) is 0. The minimum Gasteiger partial charge on any atom is -1.00 e. The smallest absolute Gasteiger partial charge is 1.00 e. The van der Waals surface area contributed by atoms with Crippen molar-refractivity contribution in [2.45, 2.75) is 53.4 Å². The second-order valence-corrected chi connectivity index (χ2v) is 5.88. The van der Waals surface area contributed by atoms with Crippen molar-refractivity contribution in [2.75, 3.05) is 26.2 Å². The van der Waals surface area contributed by atoms with Gasteiger partial charge in [-0.1, -0.05) is 0 Å². The first-order valence-corrected chi connectivity index (χ1v) is 7.64. The van der Waals surface area contributed by atoms with Crippen LogP contribution in [0.4, 0.5) is 0 Å². The molecule has 0 aliphatic heterocycles. The summed E-state index contributed by atoms with van der Waals surface area (Å²) in [6, 6.07) is 0. The van der Waals surface area contributed by atoms with Crippen LogP contribution in [0.1, 0.15) is 53.4 Å². The maximum Gasteiger partial charge on any atom is -1.00 e. The number of rotatable bonds is 10. The number of hydrogen-bond acceptors (Lipinski definition) is 2. The van der Waals surface area contributed by atoms with Crippen LogP contribution >= 0.6 is 0 Å². The van der Waals surface area contributed by atoms with Crippen LogP contribution in [0.5, 0.6) is 0 Å². The molecule has 2 nitrogen and oxygen atoms in total. The van der Waals surface area contributed by atoms with Crippen LogP contribution in [-0.4, -0.2) is 49.6 Å². The Morgan fingerprint density at radius 2 is 0.875 bits per heavy atom. The van der Waals surface area contributed by atoms with E-state index in [0.717, 1.165) is 0 Å². The van der Waals surface area contributed by atoms with Gasteiger partial charge in [0.05, 0.1) is 0 Å². The summed E-state index contributed by atoms with van der Waals surface area (Å²) in [6.07, 6.45) is 5.16. The monoisotopic (exact) mass is 262 g/mol. The molecule has 0 heterocycles. The largest absolute Gasteiger partial charge is 1.00 e. The summed E-state index contributed by atoms with van der Waals surface area (Å²) in [5.41, 5.74) is 0. The SMILES string of the molecule is CCC[N](CCC)[Al+][N](CCC)CCC.[Cl-]. The van der Waals surface area contributed by atoms with E-state index in [-0.39, 0.29) is 12.4 Å². The predicted octanol–water partition coefficient (Wildman–Crippen LogP) is -0.231. The van der Waals surface area contributed by atoms with Crippen molar-refractivity contribution in [2.24, 2.45) is 0 Å². The molecule has 0 aromatic carbocycles. The fourth-order valence-corrected chi connectivity index (χ4v) is 3.79. The van der Waals surface area contributed by atoms with Gasteiger partial charge in [0.15, 0.2) is 0 Å². The normalized spacial score (nSPS) is 10.4. The summed E-state index contributed by atoms with van der Waals surface area (Å²) in [4.78, 5) is 0. The van der Waals surface area contributed by atoms with Crippen molar-refractivity contribution in [3.63, 3.8) is 0 Å². The fourth-order valence-electron chi connectivity index (χ4n) is 1.83. The molecule has 0 fully saturated rings. The van der Waals surface area contributed by atoms with Crippen LogP contribution in [0.3, 0.4) is 0 Å². The van der Waals surface area contributed by atoms with Gasteiger partial charge in [0.25, 0.3) is 0 Å². The number of halogens is 1. The predicted molar refractivity (Wildman–Crippen MR) is 70.1 cm³/mol. The third-order valence-corrected chi connectivity index (χ3v) is 4.06. The molecular formula is C12H28AlClN2. The molecule has 0 atom stereocenters. The third kappa shape index (κ3) is 9.93. The summed E-state index contributed by atoms with van der Waals surface area (Å²) in [5.74, 6) is 0. The van der Waals surface area contributed by atoms with Crippen LogP contribution in [0.25, 0.3) is 0 Å². The van der Waals surface area contributed by atoms with Gasteiger partial charge < -0.3 is 12.4 Å². The molecule has 0 aromatic heterocycles. The van der Waals surface area contributed by atoms with Gasteiger partial charge in [0.1, 0.15) is 0 Å². The molecule has 0 saturated heterocycles. The van der Waals surface area contributed by atoms with Gasteiger partial charge in [0.2, 0.25) is 0 Å². The average Bonchev–Trinajstić information content (AvgIpc) is 2.19. The van der Waals surface area contributed by atoms with E-state index in [1.165, 1.54) is 51.9 Å². The van der Waals surface area contributed by atoms with Crippen LogP contribution in [0.15, 0.2) is 0 Å². The zero-order valence-corrected chi connectivity index (χ0v) is 13.4. The minimum absolute atomic E-state index is 0. The molecule has 0 aliphatic rings. The van der Waals surface area contributed by atoms with Crippen molar-refractivity contribution in [1.29, 1.82) is 0 Å². The van der Waals surface area contributed by atoms with Gasteiger partial charge in [-0.05, 0) is 0 Å². The van der Waals surface area contributed by atoms with Crippen LogP contribution in [-0.2, 0) is 0 Å². The maximum absolute atomic E-state index is 2.67. The molecule has 0 radical (unpaired) electrons. The topological polar surface area (TPSA) is 6.48 Å². The molecule has 16 heavy (non-hydrogen) atoms. The Labute approximate surface area is 115 Å². The van der Waals surface area contributed by atoms with Gasteiger partial charge in [-0.2, -0.15) is 0 Å². The van der Waals surface area contributed by atoms with Crippen molar-refractivity contribution in [1.82, 2.24) is 7.77 Å². The first-order chi connectivity index (χ1) is 7.28. The van der Waals surface area contributed by atoms with E-state index in [2.05, 4.69) is 35.5 Å². The molecular weight excluding hydrogens is 235 g/mol. The van der Waals surface area contributed by atoms with Gasteiger partial charge in [-0.3, -0.25) is 0 Å². The van der Waals surface area contributed by atoms with E-state index >= 15 is 0 Å². The van der Waals surface area contributed by atoms with E-state index in [9.17, 15) is 0 Å². The molecule has 0 bridgehead atoms. The molecule has 0 aromatic rings. The maximum atomic E-state index is 2.67. The first kappa shape index (κ1) is 19.1. The van der Waals surface area contributed by atoms with Gasteiger partial charge >= 0.3 is 103 Å². The molecule has 0 spiro atoms. The summed E-state index contributed by atoms with van der Waals surface area (Å²) >= 11 is 0.385. The average molecular weight is 263 g/mol. The van der Waals surface area contributed by atoms with E-state index in [1.807, 2.05) is 0 Å². The molecule has 0 unspecified atom stereocenters. The van der Waals surface area contributed by atoms with Gasteiger partial charge in [-0.25, -0.2) is 0 Å². The van der Waals surface area contributed by atoms with E-state index in [0.29, 0.717) is 15.7 Å². The summed E-state index contributed by atoms with van der Waals surface area (Å²) in [7, 11) is 0. The third-order valence-electron chi connectivity index (χ3n) is 2.37. The molecule has 96 valence electrons. The summed E-state index contributed by atoms with van der Waals surface area (Å²) in [6.45, 7) is 14.3. The second-order valence-electron chi connectivity index (χ2n) is 4.19. The van der Waals surface area contributed by atoms with Crippen LogP contribution < -0.4 is 12.4 Å². The Balaban J connectivity index is 0. The molecule has 4 heteroatoms. The molecule has 0 amide bonds. The second kappa shape index (κ2) is 13.8. The zero-order chi connectivity index (χ0) is 11.5. The first-order valence-electron chi connectivity index (χ1n) is 6.61. The molecule has 0 N–H and O–H groups in total. The van der Waals surface area contributed by atoms with Crippen molar-refractivity contribution < 1.29 is 12.4 Å². The Morgan fingerprint density at radius 1 is 0.625 bits per heavy atom. The Hall–Kier alpha value is 0.742. The van der Waals surface area contributed by atoms with Crippen molar-refractivity contribution >= 4 is 15.7 Å². The van der Waals surface area contributed by atoms with Gasteiger partial charge in [0, 0.05) is 0 Å². The Bertz CT molecular complexity index is 110. The quantitative estimate of drug-likeness (QED) is 0.502. The summed E-state index contributed by atoms with van der Waals surface area (Å²) < 4.78 is 5.34. The zero-order valence-electron chi connectivity index (χ0n) is 11.5. The van der Waals surface area contributed by atoms with E-state index in [4.69, 9.17) is 0 Å². The standard InChI is InChI=1S/2C6H14N.Al.ClH/c2*1-3-5-7-6-4-2;;/h2*3-6H2,1-2H3;;1H/q2*-1;+3;/p-1. The Morgan fingerprint density at radius 3 is 1.06 bits per heavy atom. The van der Waals surface area contributed by atoms with E-state index < -0.39 is 0 Å². The minimum atomic E-state index is 0. The van der Waals surface area contributed by atoms with E-state index in [1.54, 1.807) is 0 Å². The number of nitrogens with zero attached hydrogens (tertiary/aromatic N) is 2. The van der Waals surface area contributed by atoms with Crippen molar-refractivity contribution in [3.8, 4) is 0 Å². The number of hydrogen-bond donors (Lipinski definition) is 0. The van der Waals surface area contributed by atoms with Crippen LogP contribution in [0.2, 0.25) is 0 Å². The van der Waals surface area contributed by atoms with Gasteiger partial charge in [-0.15, -0.1) is 0 Å². The molecule has 0 rings (SSSR count). The van der Waals surface area contributed by atoms with Crippen molar-refractivity contribution in [3.05, 3.63) is 0 Å². The molecule has 0 saturated carbocycles. The Kier molecular flexibility index (Phi) is 16.5.